The number of nitrogens with zero attached hydrogens (tertiary/aromatic N) is 2. The van der Waals surface area contributed by atoms with E-state index in [0.717, 1.165) is 42.7 Å². The molecule has 0 aliphatic rings. The minimum atomic E-state index is -5.29. The van der Waals surface area contributed by atoms with Crippen molar-refractivity contribution in [2.24, 2.45) is 10.2 Å². The fourth-order valence-corrected chi connectivity index (χ4v) is 8.21. The van der Waals surface area contributed by atoms with Crippen molar-refractivity contribution in [2.75, 3.05) is 5.32 Å². The van der Waals surface area contributed by atoms with E-state index < -0.39 is 59.7 Å². The molecule has 0 bridgehead atoms. The van der Waals surface area contributed by atoms with Crippen LogP contribution >= 0.6 is 0 Å². The molecule has 6 aromatic rings. The number of azo groups is 1. The number of aromatic hydroxyl groups is 2. The quantitative estimate of drug-likeness (QED) is 0.0451. The Morgan fingerprint density at radius 2 is 1.37 bits per heavy atom. The molecule has 0 aliphatic heterocycles. The second-order valence-corrected chi connectivity index (χ2v) is 19.7. The second kappa shape index (κ2) is 22.4. The largest absolute Gasteiger partial charge is 1.00 e. The molecule has 0 heterocycles. The number of nitrogens with one attached hydrogen (secondary N) is 2. The summed E-state index contributed by atoms with van der Waals surface area (Å²) in [5.74, 6) is -1.41. The van der Waals surface area contributed by atoms with E-state index in [1.807, 2.05) is 13.0 Å². The van der Waals surface area contributed by atoms with Crippen molar-refractivity contribution < 1.29 is 114 Å². The van der Waals surface area contributed by atoms with Crippen molar-refractivity contribution in [3.05, 3.63) is 114 Å². The first kappa shape index (κ1) is 56.0. The van der Waals surface area contributed by atoms with Crippen LogP contribution in [0.2, 0.25) is 0 Å². The van der Waals surface area contributed by atoms with Crippen molar-refractivity contribution in [3.8, 4) is 23.0 Å². The van der Waals surface area contributed by atoms with Crippen molar-refractivity contribution in [2.45, 2.75) is 101 Å². The molecule has 6 aromatic carbocycles. The second-order valence-electron chi connectivity index (χ2n) is 17.0. The van der Waals surface area contributed by atoms with Gasteiger partial charge in [0.05, 0.1) is 21.0 Å². The van der Waals surface area contributed by atoms with Gasteiger partial charge in [-0.3, -0.25) is 10.1 Å². The molecule has 6 rings (SSSR count). The molecule has 0 aromatic heterocycles. The molecule has 0 spiro atoms. The summed E-state index contributed by atoms with van der Waals surface area (Å²) in [5.41, 5.74) is 1.61. The van der Waals surface area contributed by atoms with Crippen LogP contribution in [0.1, 0.15) is 95.6 Å². The summed E-state index contributed by atoms with van der Waals surface area (Å²) in [5, 5.41) is 35.9. The van der Waals surface area contributed by atoms with Gasteiger partial charge in [0, 0.05) is 33.8 Å². The molecule has 4 N–H and O–H groups in total. The molecular weight excluding hydrogens is 935 g/mol. The van der Waals surface area contributed by atoms with E-state index in [2.05, 4.69) is 74.5 Å². The van der Waals surface area contributed by atoms with E-state index in [1.165, 1.54) is 35.9 Å². The average molecular weight is 985 g/mol. The van der Waals surface area contributed by atoms with Crippen molar-refractivity contribution >= 4 is 70.8 Å². The van der Waals surface area contributed by atoms with Gasteiger partial charge in [0.2, 0.25) is 0 Å². The normalized spacial score (nSPS) is 12.5. The van der Waals surface area contributed by atoms with E-state index in [1.54, 1.807) is 24.3 Å². The third-order valence-electron chi connectivity index (χ3n) is 11.8. The molecule has 0 fully saturated rings. The summed E-state index contributed by atoms with van der Waals surface area (Å²) in [6.07, 6.45) is 1.19. The average Bonchev–Trinajstić information content (AvgIpc) is 3.26. The Balaban J connectivity index is 0.00000504. The molecule has 1 unspecified atom stereocenters. The Morgan fingerprint density at radius 3 is 1.97 bits per heavy atom. The summed E-state index contributed by atoms with van der Waals surface area (Å²) in [6, 6.07) is 23.3. The third-order valence-corrected chi connectivity index (χ3v) is 13.4. The minimum Gasteiger partial charge on any atom is -0.744 e. The van der Waals surface area contributed by atoms with E-state index in [-0.39, 0.29) is 115 Å². The summed E-state index contributed by atoms with van der Waals surface area (Å²) >= 11 is 0. The monoisotopic (exact) mass is 984 g/mol. The van der Waals surface area contributed by atoms with Crippen LogP contribution in [-0.2, 0) is 31.1 Å². The molecule has 68 heavy (non-hydrogen) atoms. The number of hydrogen-bond acceptors (Lipinski definition) is 14. The maximum absolute atomic E-state index is 14.0. The molecule has 0 saturated heterocycles. The number of ether oxygens (including phenoxy) is 2. The van der Waals surface area contributed by atoms with E-state index >= 15 is 0 Å². The Hall–Kier alpha value is -4.60. The van der Waals surface area contributed by atoms with Gasteiger partial charge in [0.25, 0.3) is 5.91 Å². The van der Waals surface area contributed by atoms with Crippen LogP contribution in [0.25, 0.3) is 21.5 Å². The minimum absolute atomic E-state index is 0. The summed E-state index contributed by atoms with van der Waals surface area (Å²) in [4.78, 5) is 25.6. The van der Waals surface area contributed by atoms with Crippen LogP contribution in [0.5, 0.6) is 23.0 Å². The van der Waals surface area contributed by atoms with Crippen LogP contribution in [0, 0.1) is 0 Å². The maximum atomic E-state index is 14.0. The summed E-state index contributed by atoms with van der Waals surface area (Å²) < 4.78 is 82.8. The number of fused-ring (bicyclic) bond motifs is 2. The van der Waals surface area contributed by atoms with Crippen LogP contribution in [0.4, 0.5) is 21.9 Å². The molecule has 0 radical (unpaired) electrons. The van der Waals surface area contributed by atoms with Gasteiger partial charge in [-0.15, -0.1) is 5.11 Å². The zero-order valence-corrected chi connectivity index (χ0v) is 45.0. The van der Waals surface area contributed by atoms with Gasteiger partial charge >= 0.3 is 65.2 Å². The standard InChI is InChI=1S/C48H52N4O12S2.2Na/c1-8-13-41(63-38-23-16-29(47(4,5)9-2)26-37(38)48(6,7)10-3)50-45(55)36-27-39(34-14-11-12-15-35(34)43(36)53)64-46(56)49-30-17-19-31(20-18-30)51-52-42-33-22-21-32(65(57,58)59)24-28(33)25-40(44(42)54)66(60,61)62;;/h11-12,14-27,41,53-54H,8-10,13H2,1-7H3,(H,49,56)(H,50,55)(H,57,58,59)(H,60,61,62);;/q;2*+1/p-2. The molecule has 1 atom stereocenters. The van der Waals surface area contributed by atoms with Gasteiger partial charge in [-0.05, 0) is 89.2 Å². The van der Waals surface area contributed by atoms with Crippen LogP contribution < -0.4 is 79.2 Å². The number of benzene rings is 6. The van der Waals surface area contributed by atoms with Crippen molar-refractivity contribution in [3.63, 3.8) is 0 Å². The first-order valence-electron chi connectivity index (χ1n) is 21.1. The first-order chi connectivity index (χ1) is 31.0. The van der Waals surface area contributed by atoms with Crippen LogP contribution in [-0.4, -0.2) is 54.4 Å². The number of phenols is 2. The number of rotatable bonds is 16. The van der Waals surface area contributed by atoms with Gasteiger partial charge in [-0.1, -0.05) is 97.4 Å². The Kier molecular flexibility index (Phi) is 18.5. The fraction of sp³-hybridized carbons (Fsp3) is 0.292. The maximum Gasteiger partial charge on any atom is 1.00 e. The number of carbonyl (C=O) groups is 2. The molecule has 0 aliphatic carbocycles. The van der Waals surface area contributed by atoms with E-state index in [4.69, 9.17) is 9.47 Å². The Morgan fingerprint density at radius 1 is 0.721 bits per heavy atom. The van der Waals surface area contributed by atoms with Crippen LogP contribution in [0.3, 0.4) is 0 Å². The van der Waals surface area contributed by atoms with Gasteiger partial charge in [0.1, 0.15) is 43.2 Å². The van der Waals surface area contributed by atoms with Gasteiger partial charge in [-0.25, -0.2) is 21.6 Å². The fourth-order valence-electron chi connectivity index (χ4n) is 7.10. The van der Waals surface area contributed by atoms with Crippen molar-refractivity contribution in [1.29, 1.82) is 0 Å². The van der Waals surface area contributed by atoms with Gasteiger partial charge < -0.3 is 34.1 Å². The first-order valence-corrected chi connectivity index (χ1v) is 23.9. The Bertz CT molecular complexity index is 3110. The summed E-state index contributed by atoms with van der Waals surface area (Å²) in [6.45, 7) is 14.9. The number of hydrogen-bond donors (Lipinski definition) is 4. The molecular formula is C48H50N4Na2O12S2. The zero-order chi connectivity index (χ0) is 48.4. The molecule has 20 heteroatoms. The molecule has 2 amide bonds. The predicted molar refractivity (Wildman–Crippen MR) is 247 cm³/mol. The zero-order valence-electron chi connectivity index (χ0n) is 39.3. The number of phenolic OH excluding ortho intramolecular Hbond substituents is 2. The predicted octanol–water partition coefficient (Wildman–Crippen LogP) is 4.56. The summed E-state index contributed by atoms with van der Waals surface area (Å²) in [7, 11) is -10.2. The van der Waals surface area contributed by atoms with E-state index in [9.17, 15) is 45.7 Å². The van der Waals surface area contributed by atoms with Gasteiger partial charge in [-0.2, -0.15) is 5.11 Å². The topological polar surface area (TPSA) is 256 Å². The van der Waals surface area contributed by atoms with E-state index in [0.29, 0.717) is 24.0 Å². The molecule has 16 nitrogen and oxygen atoms in total. The smallest absolute Gasteiger partial charge is 0.744 e. The van der Waals surface area contributed by atoms with Gasteiger partial charge in [0.15, 0.2) is 12.0 Å². The Labute approximate surface area is 440 Å². The SMILES string of the molecule is CCCC(NC(=O)c1cc(OC(=O)Nc2ccc(N=Nc3c(O)c(S(=O)(=O)[O-])cc4cc(S(=O)(=O)[O-])ccc34)cc2)c2ccccc2c1O)Oc1ccc(C(C)(C)CC)cc1C(C)(C)CC.[Na+].[Na+]. The van der Waals surface area contributed by atoms with Crippen molar-refractivity contribution in [1.82, 2.24) is 5.32 Å². The molecule has 0 saturated carbocycles. The number of carbonyl (C=O) groups excluding carboxylic acids is 2. The molecule has 348 valence electrons. The third kappa shape index (κ3) is 12.8. The number of anilines is 1. The number of amides is 2. The van der Waals surface area contributed by atoms with Crippen LogP contribution in [0.15, 0.2) is 117 Å².